The average molecular weight is 320 g/mol. The molecule has 0 saturated carbocycles. The third-order valence-electron chi connectivity index (χ3n) is 4.82. The molecule has 23 heavy (non-hydrogen) atoms. The molecule has 0 radical (unpaired) electrons. The number of nitrogens with zero attached hydrogens (tertiary/aromatic N) is 2. The topological polar surface area (TPSA) is 32.8 Å². The SMILES string of the molecule is CC(=O)c1c(F)cccc1N1CCCC(CN2CCOCC2)C1. The van der Waals surface area contributed by atoms with Gasteiger partial charge in [-0.05, 0) is 37.8 Å². The van der Waals surface area contributed by atoms with Gasteiger partial charge in [-0.3, -0.25) is 9.69 Å². The molecule has 5 heteroatoms. The number of Topliss-reactive ketones (excluding diaryl/α,β-unsaturated/α-hetero) is 1. The van der Waals surface area contributed by atoms with Crippen LogP contribution in [0.5, 0.6) is 0 Å². The summed E-state index contributed by atoms with van der Waals surface area (Å²) in [6.07, 6.45) is 2.28. The Labute approximate surface area is 137 Å². The Morgan fingerprint density at radius 3 is 2.83 bits per heavy atom. The summed E-state index contributed by atoms with van der Waals surface area (Å²) in [5, 5.41) is 0. The first kappa shape index (κ1) is 16.4. The first-order chi connectivity index (χ1) is 11.1. The molecule has 2 saturated heterocycles. The monoisotopic (exact) mass is 320 g/mol. The van der Waals surface area contributed by atoms with Crippen molar-refractivity contribution in [3.8, 4) is 0 Å². The van der Waals surface area contributed by atoms with Crippen molar-refractivity contribution in [3.05, 3.63) is 29.6 Å². The van der Waals surface area contributed by atoms with Crippen LogP contribution >= 0.6 is 0 Å². The maximum Gasteiger partial charge on any atom is 0.164 e. The van der Waals surface area contributed by atoms with Gasteiger partial charge < -0.3 is 9.64 Å². The van der Waals surface area contributed by atoms with E-state index in [1.165, 1.54) is 19.4 Å². The van der Waals surface area contributed by atoms with Crippen LogP contribution in [0, 0.1) is 11.7 Å². The summed E-state index contributed by atoms with van der Waals surface area (Å²) in [6, 6.07) is 4.94. The second kappa shape index (κ2) is 7.41. The highest BCUT2D eigenvalue weighted by atomic mass is 19.1. The minimum absolute atomic E-state index is 0.201. The molecule has 2 fully saturated rings. The van der Waals surface area contributed by atoms with E-state index < -0.39 is 5.82 Å². The van der Waals surface area contributed by atoms with Gasteiger partial charge in [0.25, 0.3) is 0 Å². The number of ether oxygens (including phenoxy) is 1. The molecule has 4 nitrogen and oxygen atoms in total. The van der Waals surface area contributed by atoms with Crippen LogP contribution in [0.25, 0.3) is 0 Å². The molecule has 1 aromatic carbocycles. The number of rotatable bonds is 4. The molecule has 1 aromatic rings. The molecule has 2 aliphatic heterocycles. The number of halogens is 1. The number of ketones is 1. The van der Waals surface area contributed by atoms with Crippen molar-refractivity contribution in [2.24, 2.45) is 5.92 Å². The van der Waals surface area contributed by atoms with Crippen LogP contribution < -0.4 is 4.90 Å². The van der Waals surface area contributed by atoms with Crippen molar-refractivity contribution in [2.75, 3.05) is 50.8 Å². The zero-order valence-electron chi connectivity index (χ0n) is 13.8. The molecule has 1 atom stereocenters. The number of carbonyl (C=O) groups is 1. The first-order valence-electron chi connectivity index (χ1n) is 8.49. The molecule has 2 aliphatic rings. The second-order valence-corrected chi connectivity index (χ2v) is 6.56. The van der Waals surface area contributed by atoms with Crippen molar-refractivity contribution in [1.82, 2.24) is 4.90 Å². The fourth-order valence-electron chi connectivity index (χ4n) is 3.71. The molecule has 0 aromatic heterocycles. The summed E-state index contributed by atoms with van der Waals surface area (Å²) >= 11 is 0. The normalized spacial score (nSPS) is 23.0. The quantitative estimate of drug-likeness (QED) is 0.798. The molecule has 2 heterocycles. The van der Waals surface area contributed by atoms with Gasteiger partial charge in [0.15, 0.2) is 5.78 Å². The van der Waals surface area contributed by atoms with Gasteiger partial charge in [-0.25, -0.2) is 4.39 Å². The molecule has 126 valence electrons. The van der Waals surface area contributed by atoms with Crippen molar-refractivity contribution in [2.45, 2.75) is 19.8 Å². The Hall–Kier alpha value is -1.46. The molecule has 0 aliphatic carbocycles. The van der Waals surface area contributed by atoms with Crippen LogP contribution in [0.15, 0.2) is 18.2 Å². The van der Waals surface area contributed by atoms with E-state index in [0.717, 1.165) is 58.0 Å². The highest BCUT2D eigenvalue weighted by molar-refractivity contribution is 6.00. The third-order valence-corrected chi connectivity index (χ3v) is 4.82. The average Bonchev–Trinajstić information content (AvgIpc) is 2.55. The van der Waals surface area contributed by atoms with Crippen molar-refractivity contribution >= 4 is 11.5 Å². The van der Waals surface area contributed by atoms with E-state index in [0.29, 0.717) is 5.92 Å². The lowest BCUT2D eigenvalue weighted by molar-refractivity contribution is 0.0296. The number of carbonyl (C=O) groups excluding carboxylic acids is 1. The van der Waals surface area contributed by atoms with Crippen molar-refractivity contribution in [1.29, 1.82) is 0 Å². The van der Waals surface area contributed by atoms with Gasteiger partial charge in [0.1, 0.15) is 5.82 Å². The van der Waals surface area contributed by atoms with E-state index in [-0.39, 0.29) is 11.3 Å². The lowest BCUT2D eigenvalue weighted by Crippen LogP contribution is -2.44. The van der Waals surface area contributed by atoms with Gasteiger partial charge in [-0.15, -0.1) is 0 Å². The fraction of sp³-hybridized carbons (Fsp3) is 0.611. The summed E-state index contributed by atoms with van der Waals surface area (Å²) in [5.41, 5.74) is 0.990. The van der Waals surface area contributed by atoms with E-state index in [4.69, 9.17) is 4.74 Å². The highest BCUT2D eigenvalue weighted by Crippen LogP contribution is 2.29. The zero-order chi connectivity index (χ0) is 16.2. The van der Waals surface area contributed by atoms with Gasteiger partial charge in [0.05, 0.1) is 24.5 Å². The van der Waals surface area contributed by atoms with Crippen LogP contribution in [0.3, 0.4) is 0 Å². The standard InChI is InChI=1S/C18H25FN2O2/c1-14(22)18-16(19)5-2-6-17(18)21-7-3-4-15(13-21)12-20-8-10-23-11-9-20/h2,5-6,15H,3-4,7-13H2,1H3. The Balaban J connectivity index is 1.71. The summed E-state index contributed by atoms with van der Waals surface area (Å²) in [7, 11) is 0. The maximum atomic E-state index is 14.1. The van der Waals surface area contributed by atoms with E-state index in [9.17, 15) is 9.18 Å². The summed E-state index contributed by atoms with van der Waals surface area (Å²) in [6.45, 7) is 7.90. The second-order valence-electron chi connectivity index (χ2n) is 6.56. The first-order valence-corrected chi connectivity index (χ1v) is 8.49. The van der Waals surface area contributed by atoms with E-state index in [2.05, 4.69) is 9.80 Å². The van der Waals surface area contributed by atoms with Gasteiger partial charge in [-0.1, -0.05) is 6.07 Å². The van der Waals surface area contributed by atoms with Crippen molar-refractivity contribution < 1.29 is 13.9 Å². The number of hydrogen-bond donors (Lipinski definition) is 0. The van der Waals surface area contributed by atoms with Gasteiger partial charge >= 0.3 is 0 Å². The highest BCUT2D eigenvalue weighted by Gasteiger charge is 2.26. The van der Waals surface area contributed by atoms with Gasteiger partial charge in [0, 0.05) is 32.7 Å². The maximum absolute atomic E-state index is 14.1. The number of benzene rings is 1. The third kappa shape index (κ3) is 3.90. The fourth-order valence-corrected chi connectivity index (χ4v) is 3.71. The van der Waals surface area contributed by atoms with Crippen LogP contribution in [0.4, 0.5) is 10.1 Å². The molecule has 0 amide bonds. The lowest BCUT2D eigenvalue weighted by Gasteiger charge is -2.38. The summed E-state index contributed by atoms with van der Waals surface area (Å²) in [4.78, 5) is 16.5. The Bertz CT molecular complexity index is 558. The predicted octanol–water partition coefficient (Wildman–Crippen LogP) is 2.58. The molecule has 1 unspecified atom stereocenters. The van der Waals surface area contributed by atoms with E-state index in [1.807, 2.05) is 6.07 Å². The largest absolute Gasteiger partial charge is 0.379 e. The van der Waals surface area contributed by atoms with Crippen molar-refractivity contribution in [3.63, 3.8) is 0 Å². The minimum Gasteiger partial charge on any atom is -0.379 e. The smallest absolute Gasteiger partial charge is 0.164 e. The van der Waals surface area contributed by atoms with Crippen LogP contribution in [0.2, 0.25) is 0 Å². The van der Waals surface area contributed by atoms with E-state index >= 15 is 0 Å². The Kier molecular flexibility index (Phi) is 5.28. The van der Waals surface area contributed by atoms with Crippen LogP contribution in [0.1, 0.15) is 30.1 Å². The summed E-state index contributed by atoms with van der Waals surface area (Å²) in [5.74, 6) is -0.0522. The molecule has 0 spiro atoms. The lowest BCUT2D eigenvalue weighted by atomic mass is 9.95. The summed E-state index contributed by atoms with van der Waals surface area (Å²) < 4.78 is 19.5. The molecule has 0 bridgehead atoms. The van der Waals surface area contributed by atoms with Crippen LogP contribution in [-0.4, -0.2) is 56.6 Å². The van der Waals surface area contributed by atoms with Crippen LogP contribution in [-0.2, 0) is 4.74 Å². The number of piperidine rings is 1. The van der Waals surface area contributed by atoms with Gasteiger partial charge in [0.2, 0.25) is 0 Å². The van der Waals surface area contributed by atoms with Gasteiger partial charge in [-0.2, -0.15) is 0 Å². The zero-order valence-corrected chi connectivity index (χ0v) is 13.8. The molecular weight excluding hydrogens is 295 g/mol. The van der Waals surface area contributed by atoms with E-state index in [1.54, 1.807) is 6.07 Å². The molecule has 0 N–H and O–H groups in total. The molecular formula is C18H25FN2O2. The number of hydrogen-bond acceptors (Lipinski definition) is 4. The Morgan fingerprint density at radius 2 is 2.09 bits per heavy atom. The number of morpholine rings is 1. The minimum atomic E-state index is -0.412. The predicted molar refractivity (Wildman–Crippen MR) is 88.6 cm³/mol. The molecule has 3 rings (SSSR count). The Morgan fingerprint density at radius 1 is 1.30 bits per heavy atom. The number of anilines is 1.